The molecule has 0 aromatic carbocycles. The third kappa shape index (κ3) is 2.77. The number of aromatic nitrogens is 1. The number of aryl methyl sites for hydroxylation is 1. The van der Waals surface area contributed by atoms with E-state index in [1.54, 1.807) is 0 Å². The molecule has 4 N–H and O–H groups in total. The first-order chi connectivity index (χ1) is 4.83. The Labute approximate surface area is 65.1 Å². The van der Waals surface area contributed by atoms with Gasteiger partial charge >= 0.3 is 0 Å². The molecule has 60 valence electrons. The van der Waals surface area contributed by atoms with E-state index in [-0.39, 0.29) is 5.48 Å². The van der Waals surface area contributed by atoms with Gasteiger partial charge in [0.1, 0.15) is 0 Å². The van der Waals surface area contributed by atoms with E-state index in [0.717, 1.165) is 11.4 Å². The van der Waals surface area contributed by atoms with Crippen LogP contribution in [0.15, 0.2) is 23.3 Å². The van der Waals surface area contributed by atoms with Crippen molar-refractivity contribution in [2.75, 3.05) is 0 Å². The molecule has 0 unspecified atom stereocenters. The predicted octanol–water partition coefficient (Wildman–Crippen LogP) is -0.142. The molecule has 0 saturated carbocycles. The fourth-order valence-corrected chi connectivity index (χ4v) is 0.712. The second-order valence-corrected chi connectivity index (χ2v) is 1.98. The minimum absolute atomic E-state index is 0. The fraction of sp³-hybridized carbons (Fsp3) is 0.143. The van der Waals surface area contributed by atoms with Gasteiger partial charge in [0.25, 0.3) is 0 Å². The Morgan fingerprint density at radius 3 is 2.82 bits per heavy atom. The molecular formula is C7H11N3O. The molecular weight excluding hydrogens is 142 g/mol. The van der Waals surface area contributed by atoms with E-state index in [9.17, 15) is 0 Å². The van der Waals surface area contributed by atoms with Crippen LogP contribution in [-0.4, -0.2) is 16.7 Å². The first-order valence-electron chi connectivity index (χ1n) is 3.00. The van der Waals surface area contributed by atoms with E-state index in [1.165, 1.54) is 6.21 Å². The van der Waals surface area contributed by atoms with Crippen LogP contribution in [0.4, 0.5) is 0 Å². The van der Waals surface area contributed by atoms with Crippen molar-refractivity contribution in [2.24, 2.45) is 10.9 Å². The number of rotatable bonds is 1. The fourth-order valence-electron chi connectivity index (χ4n) is 0.712. The summed E-state index contributed by atoms with van der Waals surface area (Å²) in [6, 6.07) is 5.69. The van der Waals surface area contributed by atoms with Crippen molar-refractivity contribution < 1.29 is 5.48 Å². The highest BCUT2D eigenvalue weighted by atomic mass is 16.0. The minimum Gasteiger partial charge on any atom is -0.412 e. The Balaban J connectivity index is 0.000001000. The van der Waals surface area contributed by atoms with E-state index in [2.05, 4.69) is 10.1 Å². The summed E-state index contributed by atoms with van der Waals surface area (Å²) in [6.07, 6.45) is 1.52. The molecule has 4 heteroatoms. The zero-order valence-electron chi connectivity index (χ0n) is 6.28. The Hall–Kier alpha value is -1.42. The van der Waals surface area contributed by atoms with Gasteiger partial charge in [-0.3, -0.25) is 4.98 Å². The van der Waals surface area contributed by atoms with Gasteiger partial charge in [0, 0.05) is 5.69 Å². The topological polar surface area (TPSA) is 82.8 Å². The molecule has 0 aliphatic rings. The molecule has 0 aliphatic carbocycles. The Morgan fingerprint density at radius 1 is 1.55 bits per heavy atom. The van der Waals surface area contributed by atoms with Crippen LogP contribution >= 0.6 is 0 Å². The van der Waals surface area contributed by atoms with Crippen molar-refractivity contribution >= 4 is 6.21 Å². The van der Waals surface area contributed by atoms with Crippen LogP contribution in [0.3, 0.4) is 0 Å². The lowest BCUT2D eigenvalue weighted by Gasteiger charge is -1.91. The molecule has 0 saturated heterocycles. The smallest absolute Gasteiger partial charge is 0.0833 e. The van der Waals surface area contributed by atoms with E-state index < -0.39 is 0 Å². The third-order valence-corrected chi connectivity index (χ3v) is 1.12. The molecule has 1 aromatic heterocycles. The van der Waals surface area contributed by atoms with Crippen LogP contribution in [0.2, 0.25) is 0 Å². The molecule has 0 amide bonds. The maximum Gasteiger partial charge on any atom is 0.0833 e. The summed E-state index contributed by atoms with van der Waals surface area (Å²) in [5.74, 6) is 4.94. The van der Waals surface area contributed by atoms with Gasteiger partial charge < -0.3 is 11.3 Å². The summed E-state index contributed by atoms with van der Waals surface area (Å²) in [5.41, 5.74) is 1.76. The largest absolute Gasteiger partial charge is 0.412 e. The highest BCUT2D eigenvalue weighted by Crippen LogP contribution is 1.93. The third-order valence-electron chi connectivity index (χ3n) is 1.12. The van der Waals surface area contributed by atoms with Crippen LogP contribution in [0.5, 0.6) is 0 Å². The summed E-state index contributed by atoms with van der Waals surface area (Å²) >= 11 is 0. The molecule has 0 fully saturated rings. The Kier molecular flexibility index (Phi) is 3.84. The predicted molar refractivity (Wildman–Crippen MR) is 44.4 cm³/mol. The Morgan fingerprint density at radius 2 is 2.27 bits per heavy atom. The number of hydrogen-bond acceptors (Lipinski definition) is 3. The van der Waals surface area contributed by atoms with Gasteiger partial charge in [0.05, 0.1) is 11.9 Å². The van der Waals surface area contributed by atoms with E-state index >= 15 is 0 Å². The van der Waals surface area contributed by atoms with E-state index in [4.69, 9.17) is 5.84 Å². The van der Waals surface area contributed by atoms with Gasteiger partial charge in [-0.25, -0.2) is 0 Å². The summed E-state index contributed by atoms with van der Waals surface area (Å²) in [5, 5.41) is 3.36. The standard InChI is InChI=1S/C7H9N3.H2O/c1-6-3-2-4-7(10-6)5-9-8;/h2-5H,8H2,1H3;1H2. The number of nitrogens with two attached hydrogens (primary N) is 1. The van der Waals surface area contributed by atoms with Crippen LogP contribution in [0, 0.1) is 6.92 Å². The second kappa shape index (κ2) is 4.40. The van der Waals surface area contributed by atoms with Crippen molar-refractivity contribution in [1.29, 1.82) is 0 Å². The number of hydrogen-bond donors (Lipinski definition) is 1. The van der Waals surface area contributed by atoms with Gasteiger partial charge in [-0.15, -0.1) is 0 Å². The molecule has 0 radical (unpaired) electrons. The summed E-state index contributed by atoms with van der Waals surface area (Å²) < 4.78 is 0. The minimum atomic E-state index is 0. The van der Waals surface area contributed by atoms with Crippen molar-refractivity contribution in [3.8, 4) is 0 Å². The number of hydrazone groups is 1. The van der Waals surface area contributed by atoms with Crippen molar-refractivity contribution in [3.63, 3.8) is 0 Å². The van der Waals surface area contributed by atoms with Crippen molar-refractivity contribution in [2.45, 2.75) is 6.92 Å². The highest BCUT2D eigenvalue weighted by molar-refractivity contribution is 5.76. The van der Waals surface area contributed by atoms with Gasteiger partial charge in [-0.05, 0) is 19.1 Å². The zero-order chi connectivity index (χ0) is 7.40. The highest BCUT2D eigenvalue weighted by Gasteiger charge is 1.87. The molecule has 11 heavy (non-hydrogen) atoms. The SMILES string of the molecule is Cc1cccc(C=NN)n1.O. The molecule has 0 spiro atoms. The van der Waals surface area contributed by atoms with Crippen molar-refractivity contribution in [3.05, 3.63) is 29.6 Å². The Bertz CT molecular complexity index is 247. The van der Waals surface area contributed by atoms with Crippen LogP contribution in [-0.2, 0) is 0 Å². The molecule has 1 heterocycles. The maximum absolute atomic E-state index is 4.94. The monoisotopic (exact) mass is 153 g/mol. The molecule has 1 aromatic rings. The van der Waals surface area contributed by atoms with E-state index in [0.29, 0.717) is 0 Å². The van der Waals surface area contributed by atoms with Crippen LogP contribution in [0.1, 0.15) is 11.4 Å². The van der Waals surface area contributed by atoms with Gasteiger partial charge in [-0.1, -0.05) is 6.07 Å². The lowest BCUT2D eigenvalue weighted by molar-refractivity contribution is 0.824. The summed E-state index contributed by atoms with van der Waals surface area (Å²) in [7, 11) is 0. The summed E-state index contributed by atoms with van der Waals surface area (Å²) in [6.45, 7) is 1.92. The van der Waals surface area contributed by atoms with Gasteiger partial charge in [0.2, 0.25) is 0 Å². The van der Waals surface area contributed by atoms with Gasteiger partial charge in [0.15, 0.2) is 0 Å². The number of pyridine rings is 1. The molecule has 0 aliphatic heterocycles. The van der Waals surface area contributed by atoms with E-state index in [1.807, 2.05) is 25.1 Å². The summed E-state index contributed by atoms with van der Waals surface area (Å²) in [4.78, 5) is 4.13. The first kappa shape index (κ1) is 9.58. The van der Waals surface area contributed by atoms with Crippen LogP contribution < -0.4 is 5.84 Å². The lowest BCUT2D eigenvalue weighted by atomic mass is 10.3. The molecule has 0 bridgehead atoms. The second-order valence-electron chi connectivity index (χ2n) is 1.98. The lowest BCUT2D eigenvalue weighted by Crippen LogP contribution is -1.91. The molecule has 4 nitrogen and oxygen atoms in total. The number of nitrogens with zero attached hydrogens (tertiary/aromatic N) is 2. The average molecular weight is 153 g/mol. The molecule has 1 rings (SSSR count). The first-order valence-corrected chi connectivity index (χ1v) is 3.00. The quantitative estimate of drug-likeness (QED) is 0.346. The van der Waals surface area contributed by atoms with Crippen molar-refractivity contribution in [1.82, 2.24) is 4.98 Å². The average Bonchev–Trinajstić information content (AvgIpc) is 1.88. The maximum atomic E-state index is 4.94. The van der Waals surface area contributed by atoms with Gasteiger partial charge in [-0.2, -0.15) is 5.10 Å². The van der Waals surface area contributed by atoms with Crippen LogP contribution in [0.25, 0.3) is 0 Å². The zero-order valence-corrected chi connectivity index (χ0v) is 6.28. The normalized spacial score (nSPS) is 9.55. The molecule has 0 atom stereocenters.